The standard InChI is InChI=1S/C8H14ClN3/c1-6(9)5-12-7(11-2)8(10)3-4-8/h5H,3-4,10H2,1-2H3,(H,11,12). The maximum Gasteiger partial charge on any atom is 0.120 e. The Balaban J connectivity index is 2.54. The Labute approximate surface area is 77.7 Å². The zero-order valence-corrected chi connectivity index (χ0v) is 8.15. The van der Waals surface area contributed by atoms with Gasteiger partial charge in [0, 0.05) is 18.3 Å². The van der Waals surface area contributed by atoms with Crippen LogP contribution in [0.25, 0.3) is 0 Å². The maximum atomic E-state index is 5.92. The van der Waals surface area contributed by atoms with Gasteiger partial charge in [-0.3, -0.25) is 4.99 Å². The quantitative estimate of drug-likeness (QED) is 0.504. The maximum absolute atomic E-state index is 5.92. The van der Waals surface area contributed by atoms with Crippen molar-refractivity contribution in [3.8, 4) is 0 Å². The number of nitrogens with one attached hydrogen (secondary N) is 1. The average molecular weight is 188 g/mol. The normalized spacial score (nSPS) is 22.3. The summed E-state index contributed by atoms with van der Waals surface area (Å²) in [4.78, 5) is 4.07. The van der Waals surface area contributed by atoms with Gasteiger partial charge in [0.2, 0.25) is 0 Å². The van der Waals surface area contributed by atoms with Crippen LogP contribution >= 0.6 is 11.6 Å². The molecule has 1 aliphatic rings. The van der Waals surface area contributed by atoms with E-state index in [1.54, 1.807) is 20.2 Å². The van der Waals surface area contributed by atoms with Gasteiger partial charge in [0.15, 0.2) is 0 Å². The van der Waals surface area contributed by atoms with Crippen LogP contribution in [0.15, 0.2) is 16.2 Å². The van der Waals surface area contributed by atoms with Gasteiger partial charge in [0.1, 0.15) is 5.84 Å². The molecule has 1 fully saturated rings. The molecule has 0 radical (unpaired) electrons. The Hall–Kier alpha value is -0.540. The summed E-state index contributed by atoms with van der Waals surface area (Å²) in [6.45, 7) is 1.80. The monoisotopic (exact) mass is 187 g/mol. The Morgan fingerprint density at radius 1 is 1.67 bits per heavy atom. The Bertz CT molecular complexity index is 224. The van der Waals surface area contributed by atoms with Crippen LogP contribution in [-0.4, -0.2) is 18.4 Å². The third-order valence-corrected chi connectivity index (χ3v) is 2.00. The van der Waals surface area contributed by atoms with Crippen molar-refractivity contribution in [2.75, 3.05) is 7.05 Å². The average Bonchev–Trinajstić information content (AvgIpc) is 2.69. The number of hydrogen-bond acceptors (Lipinski definition) is 2. The van der Waals surface area contributed by atoms with E-state index in [0.717, 1.165) is 18.7 Å². The molecule has 0 atom stereocenters. The van der Waals surface area contributed by atoms with Crippen molar-refractivity contribution in [3.05, 3.63) is 11.2 Å². The van der Waals surface area contributed by atoms with Crippen molar-refractivity contribution in [2.24, 2.45) is 10.7 Å². The van der Waals surface area contributed by atoms with Gasteiger partial charge in [-0.1, -0.05) is 11.6 Å². The summed E-state index contributed by atoms with van der Waals surface area (Å²) >= 11 is 5.65. The van der Waals surface area contributed by atoms with Gasteiger partial charge < -0.3 is 11.1 Å². The zero-order valence-electron chi connectivity index (χ0n) is 7.39. The van der Waals surface area contributed by atoms with Crippen LogP contribution in [0.5, 0.6) is 0 Å². The fourth-order valence-electron chi connectivity index (χ4n) is 0.970. The minimum absolute atomic E-state index is 0.211. The number of allylic oxidation sites excluding steroid dienone is 1. The number of nitrogens with zero attached hydrogens (tertiary/aromatic N) is 1. The molecule has 1 saturated carbocycles. The summed E-state index contributed by atoms with van der Waals surface area (Å²) in [5.74, 6) is 0.822. The van der Waals surface area contributed by atoms with E-state index in [2.05, 4.69) is 10.3 Å². The van der Waals surface area contributed by atoms with Crippen LogP contribution in [0.2, 0.25) is 0 Å². The van der Waals surface area contributed by atoms with Crippen LogP contribution < -0.4 is 11.1 Å². The van der Waals surface area contributed by atoms with E-state index < -0.39 is 0 Å². The molecule has 3 N–H and O–H groups in total. The summed E-state index contributed by atoms with van der Waals surface area (Å²) < 4.78 is 0. The molecule has 1 rings (SSSR count). The second-order valence-corrected chi connectivity index (χ2v) is 3.70. The van der Waals surface area contributed by atoms with E-state index >= 15 is 0 Å². The largest absolute Gasteiger partial charge is 0.348 e. The molecule has 4 heteroatoms. The highest BCUT2D eigenvalue weighted by Gasteiger charge is 2.43. The van der Waals surface area contributed by atoms with Crippen LogP contribution in [0.3, 0.4) is 0 Å². The highest BCUT2D eigenvalue weighted by atomic mass is 35.5. The van der Waals surface area contributed by atoms with E-state index in [1.165, 1.54) is 0 Å². The van der Waals surface area contributed by atoms with Crippen molar-refractivity contribution >= 4 is 17.4 Å². The molecule has 0 aliphatic heterocycles. The molecule has 0 saturated heterocycles. The van der Waals surface area contributed by atoms with Crippen molar-refractivity contribution in [1.82, 2.24) is 5.32 Å². The first-order valence-electron chi connectivity index (χ1n) is 3.93. The Morgan fingerprint density at radius 2 is 2.25 bits per heavy atom. The first kappa shape index (κ1) is 9.55. The highest BCUT2D eigenvalue weighted by molar-refractivity contribution is 6.29. The van der Waals surface area contributed by atoms with E-state index in [0.29, 0.717) is 5.03 Å². The van der Waals surface area contributed by atoms with Crippen LogP contribution in [-0.2, 0) is 0 Å². The van der Waals surface area contributed by atoms with E-state index in [4.69, 9.17) is 17.3 Å². The van der Waals surface area contributed by atoms with Gasteiger partial charge in [-0.05, 0) is 19.8 Å². The predicted molar refractivity (Wildman–Crippen MR) is 52.3 cm³/mol. The number of rotatable bonds is 2. The number of hydrogen-bond donors (Lipinski definition) is 2. The third-order valence-electron chi connectivity index (χ3n) is 1.89. The summed E-state index contributed by atoms with van der Waals surface area (Å²) in [5, 5.41) is 3.70. The van der Waals surface area contributed by atoms with E-state index in [-0.39, 0.29) is 5.54 Å². The lowest BCUT2D eigenvalue weighted by atomic mass is 10.2. The van der Waals surface area contributed by atoms with Crippen LogP contribution in [0.4, 0.5) is 0 Å². The summed E-state index contributed by atoms with van der Waals surface area (Å²) in [6, 6.07) is 0. The number of halogens is 1. The molecular weight excluding hydrogens is 174 g/mol. The van der Waals surface area contributed by atoms with Gasteiger partial charge in [-0.25, -0.2) is 0 Å². The minimum Gasteiger partial charge on any atom is -0.348 e. The molecule has 68 valence electrons. The smallest absolute Gasteiger partial charge is 0.120 e. The lowest BCUT2D eigenvalue weighted by molar-refractivity contribution is 0.865. The van der Waals surface area contributed by atoms with Crippen molar-refractivity contribution in [1.29, 1.82) is 0 Å². The van der Waals surface area contributed by atoms with Crippen molar-refractivity contribution in [2.45, 2.75) is 25.3 Å². The first-order chi connectivity index (χ1) is 5.58. The van der Waals surface area contributed by atoms with Gasteiger partial charge >= 0.3 is 0 Å². The molecular formula is C8H14ClN3. The Morgan fingerprint density at radius 3 is 2.58 bits per heavy atom. The highest BCUT2D eigenvalue weighted by Crippen LogP contribution is 2.32. The van der Waals surface area contributed by atoms with Gasteiger partial charge in [-0.15, -0.1) is 0 Å². The second-order valence-electron chi connectivity index (χ2n) is 3.10. The van der Waals surface area contributed by atoms with E-state index in [1.807, 2.05) is 0 Å². The fourth-order valence-corrected chi connectivity index (χ4v) is 1.02. The molecule has 0 unspecified atom stereocenters. The fraction of sp³-hybridized carbons (Fsp3) is 0.625. The minimum atomic E-state index is -0.211. The SMILES string of the molecule is CN=C(NC=C(C)Cl)C1(N)CC1. The number of amidine groups is 1. The Kier molecular flexibility index (Phi) is 2.75. The van der Waals surface area contributed by atoms with Crippen LogP contribution in [0.1, 0.15) is 19.8 Å². The predicted octanol–water partition coefficient (Wildman–Crippen LogP) is 1.20. The van der Waals surface area contributed by atoms with Crippen molar-refractivity contribution in [3.63, 3.8) is 0 Å². The summed E-state index contributed by atoms with van der Waals surface area (Å²) in [6.07, 6.45) is 3.71. The number of nitrogens with two attached hydrogens (primary N) is 1. The molecule has 12 heavy (non-hydrogen) atoms. The molecule has 0 amide bonds. The first-order valence-corrected chi connectivity index (χ1v) is 4.31. The summed E-state index contributed by atoms with van der Waals surface area (Å²) in [5.41, 5.74) is 5.71. The zero-order chi connectivity index (χ0) is 9.19. The lowest BCUT2D eigenvalue weighted by Crippen LogP contribution is -2.40. The van der Waals surface area contributed by atoms with Crippen molar-refractivity contribution < 1.29 is 0 Å². The molecule has 1 aliphatic carbocycles. The van der Waals surface area contributed by atoms with Crippen LogP contribution in [0, 0.1) is 0 Å². The van der Waals surface area contributed by atoms with E-state index in [9.17, 15) is 0 Å². The molecule has 0 aromatic carbocycles. The molecule has 0 spiro atoms. The molecule has 0 bridgehead atoms. The third kappa shape index (κ3) is 2.22. The molecule has 0 aromatic rings. The number of aliphatic imine (C=N–C) groups is 1. The lowest BCUT2D eigenvalue weighted by Gasteiger charge is -2.11. The molecule has 0 aromatic heterocycles. The molecule has 3 nitrogen and oxygen atoms in total. The summed E-state index contributed by atoms with van der Waals surface area (Å²) in [7, 11) is 1.73. The van der Waals surface area contributed by atoms with Gasteiger partial charge in [-0.2, -0.15) is 0 Å². The second kappa shape index (κ2) is 3.46. The van der Waals surface area contributed by atoms with Gasteiger partial charge in [0.05, 0.1) is 5.54 Å². The topological polar surface area (TPSA) is 50.4 Å². The molecule has 0 heterocycles. The van der Waals surface area contributed by atoms with Gasteiger partial charge in [0.25, 0.3) is 0 Å².